The number of fused-ring (bicyclic) bond motifs is 5. The number of benzene rings is 2. The second-order valence-electron chi connectivity index (χ2n) is 12.9. The van der Waals surface area contributed by atoms with Gasteiger partial charge >= 0.3 is 5.97 Å². The van der Waals surface area contributed by atoms with Gasteiger partial charge in [-0.3, -0.25) is 9.28 Å². The maximum atomic E-state index is 13.2. The van der Waals surface area contributed by atoms with Gasteiger partial charge in [-0.25, -0.2) is 0 Å². The van der Waals surface area contributed by atoms with Crippen molar-refractivity contribution in [3.05, 3.63) is 58.6 Å². The summed E-state index contributed by atoms with van der Waals surface area (Å²) in [5.41, 5.74) is 1.92. The van der Waals surface area contributed by atoms with E-state index in [2.05, 4.69) is 38.2 Å². The fraction of sp³-hybridized carbons (Fsp3) is 0.618. The minimum Gasteiger partial charge on any atom is -1.00 e. The molecule has 0 aliphatic carbocycles. The summed E-state index contributed by atoms with van der Waals surface area (Å²) in [5, 5.41) is 0.725. The Morgan fingerprint density at radius 3 is 2.15 bits per heavy atom. The maximum absolute atomic E-state index is 13.2. The van der Waals surface area contributed by atoms with E-state index in [4.69, 9.17) is 21.1 Å². The van der Waals surface area contributed by atoms with Gasteiger partial charge in [-0.05, 0) is 44.5 Å². The number of halogens is 2. The third-order valence-electron chi connectivity index (χ3n) is 8.89. The number of ether oxygens (including phenoxy) is 2. The monoisotopic (exact) mass is 681 g/mol. The number of esters is 1. The molecule has 6 heteroatoms. The Morgan fingerprint density at radius 1 is 0.900 bits per heavy atom. The summed E-state index contributed by atoms with van der Waals surface area (Å²) in [6.45, 7) is 8.52. The molecule has 1 fully saturated rings. The fourth-order valence-corrected chi connectivity index (χ4v) is 6.66. The summed E-state index contributed by atoms with van der Waals surface area (Å²) in [7, 11) is 2.21. The van der Waals surface area contributed by atoms with Crippen LogP contribution in [0.2, 0.25) is 5.02 Å². The highest BCUT2D eigenvalue weighted by molar-refractivity contribution is 6.30. The van der Waals surface area contributed by atoms with Crippen molar-refractivity contribution in [2.75, 3.05) is 26.9 Å². The van der Waals surface area contributed by atoms with Crippen molar-refractivity contribution in [3.8, 4) is 11.5 Å². The number of hydrogen-bond donors (Lipinski definition) is 0. The van der Waals surface area contributed by atoms with Crippen LogP contribution in [0.25, 0.3) is 0 Å². The number of quaternary nitrogens is 1. The lowest BCUT2D eigenvalue weighted by molar-refractivity contribution is -0.915. The Bertz CT molecular complexity index is 1110. The first-order chi connectivity index (χ1) is 18.7. The normalized spacial score (nSPS) is 21.3. The molecule has 0 saturated carbocycles. The van der Waals surface area contributed by atoms with Crippen LogP contribution in [0, 0.1) is 5.41 Å². The molecule has 4 rings (SSSR count). The molecule has 0 amide bonds. The lowest BCUT2D eigenvalue weighted by atomic mass is 9.84. The second-order valence-corrected chi connectivity index (χ2v) is 13.3. The Kier molecular flexibility index (Phi) is 12.7. The van der Waals surface area contributed by atoms with Crippen LogP contribution in [0.5, 0.6) is 11.5 Å². The van der Waals surface area contributed by atoms with Crippen molar-refractivity contribution in [1.82, 2.24) is 0 Å². The van der Waals surface area contributed by atoms with Crippen LogP contribution in [0.15, 0.2) is 42.5 Å². The van der Waals surface area contributed by atoms with Gasteiger partial charge in [0.1, 0.15) is 11.5 Å². The number of carbonyl (C=O) groups is 1. The molecule has 1 unspecified atom stereocenters. The van der Waals surface area contributed by atoms with Crippen molar-refractivity contribution in [2.45, 2.75) is 103 Å². The Labute approximate surface area is 264 Å². The number of para-hydroxylation sites is 1. The molecular formula is C34H49ClINO3. The van der Waals surface area contributed by atoms with Crippen molar-refractivity contribution in [2.24, 2.45) is 5.41 Å². The average Bonchev–Trinajstić information content (AvgIpc) is 3.21. The van der Waals surface area contributed by atoms with Crippen LogP contribution >= 0.6 is 11.6 Å². The molecule has 2 aliphatic rings. The lowest BCUT2D eigenvalue weighted by Gasteiger charge is -2.31. The number of likely N-dealkylation sites (tertiary alicyclic amines) is 1. The standard InChI is InChI=1S/C34H49ClNO3.HI/c1-5-6-7-8-9-10-11-12-13-16-21-34(2,3)33(37)38-25-36(4)23-29-27-17-14-15-18-31(27)39-32-20-19-26(35)22-28(32)30(29)24-36;/h14-15,17-20,22,29-30H,5-13,16,21,23-25H2,1-4H3;1H/q+1;/p-1/t29-,30-,36?;/m0./s1. The van der Waals surface area contributed by atoms with E-state index in [9.17, 15) is 4.79 Å². The van der Waals surface area contributed by atoms with Crippen LogP contribution in [-0.2, 0) is 9.53 Å². The highest BCUT2D eigenvalue weighted by Gasteiger charge is 2.48. The molecule has 0 bridgehead atoms. The summed E-state index contributed by atoms with van der Waals surface area (Å²) in [5.74, 6) is 2.26. The fourth-order valence-electron chi connectivity index (χ4n) is 6.48. The second kappa shape index (κ2) is 15.2. The van der Waals surface area contributed by atoms with Gasteiger partial charge in [0, 0.05) is 28.0 Å². The Morgan fingerprint density at radius 2 is 1.48 bits per heavy atom. The number of rotatable bonds is 14. The van der Waals surface area contributed by atoms with Gasteiger partial charge in [0.05, 0.1) is 25.6 Å². The van der Waals surface area contributed by atoms with Crippen molar-refractivity contribution >= 4 is 17.6 Å². The van der Waals surface area contributed by atoms with Gasteiger partial charge in [0.15, 0.2) is 0 Å². The minimum absolute atomic E-state index is 0. The van der Waals surface area contributed by atoms with Gasteiger partial charge in [0.2, 0.25) is 6.73 Å². The quantitative estimate of drug-likeness (QED) is 0.0975. The molecule has 0 N–H and O–H groups in total. The van der Waals surface area contributed by atoms with Gasteiger partial charge in [-0.2, -0.15) is 0 Å². The van der Waals surface area contributed by atoms with Crippen molar-refractivity contribution in [3.63, 3.8) is 0 Å². The van der Waals surface area contributed by atoms with E-state index < -0.39 is 5.41 Å². The number of hydrogen-bond acceptors (Lipinski definition) is 3. The molecule has 2 aromatic carbocycles. The van der Waals surface area contributed by atoms with Crippen LogP contribution in [0.4, 0.5) is 0 Å². The highest BCUT2D eigenvalue weighted by atomic mass is 127. The summed E-state index contributed by atoms with van der Waals surface area (Å²) in [4.78, 5) is 13.2. The van der Waals surface area contributed by atoms with Crippen molar-refractivity contribution in [1.29, 1.82) is 0 Å². The topological polar surface area (TPSA) is 35.5 Å². The van der Waals surface area contributed by atoms with E-state index in [1.54, 1.807) is 0 Å². The zero-order chi connectivity index (χ0) is 27.9. The minimum atomic E-state index is -0.455. The van der Waals surface area contributed by atoms with E-state index in [-0.39, 0.29) is 41.8 Å². The van der Waals surface area contributed by atoms with Gasteiger partial charge < -0.3 is 33.5 Å². The first-order valence-corrected chi connectivity index (χ1v) is 15.7. The molecule has 3 atom stereocenters. The molecule has 0 aromatic heterocycles. The summed E-state index contributed by atoms with van der Waals surface area (Å²) < 4.78 is 13.1. The number of carbonyl (C=O) groups excluding carboxylic acids is 1. The molecular weight excluding hydrogens is 633 g/mol. The van der Waals surface area contributed by atoms with Gasteiger partial charge in [-0.1, -0.05) is 101 Å². The molecule has 222 valence electrons. The molecule has 4 nitrogen and oxygen atoms in total. The number of nitrogens with zero attached hydrogens (tertiary/aromatic N) is 1. The lowest BCUT2D eigenvalue weighted by Crippen LogP contribution is -3.00. The molecule has 0 radical (unpaired) electrons. The maximum Gasteiger partial charge on any atom is 0.315 e. The molecule has 40 heavy (non-hydrogen) atoms. The molecule has 2 heterocycles. The Balaban J connectivity index is 0.00000441. The first-order valence-electron chi connectivity index (χ1n) is 15.3. The Hall–Kier alpha value is -1.31. The van der Waals surface area contributed by atoms with Crippen LogP contribution in [0.1, 0.15) is 114 Å². The zero-order valence-electron chi connectivity index (χ0n) is 25.0. The predicted molar refractivity (Wildman–Crippen MR) is 161 cm³/mol. The highest BCUT2D eigenvalue weighted by Crippen LogP contribution is 2.51. The van der Waals surface area contributed by atoms with Gasteiger partial charge in [-0.15, -0.1) is 0 Å². The van der Waals surface area contributed by atoms with Crippen LogP contribution < -0.4 is 28.7 Å². The third-order valence-corrected chi connectivity index (χ3v) is 9.12. The molecule has 2 aliphatic heterocycles. The van der Waals surface area contributed by atoms with E-state index in [1.807, 2.05) is 32.0 Å². The third kappa shape index (κ3) is 8.61. The number of likely N-dealkylation sites (N-methyl/N-ethyl adjacent to an activating group) is 1. The summed E-state index contributed by atoms with van der Waals surface area (Å²) in [6, 6.07) is 14.3. The average molecular weight is 682 g/mol. The van der Waals surface area contributed by atoms with Crippen LogP contribution in [0.3, 0.4) is 0 Å². The number of unbranched alkanes of at least 4 members (excludes halogenated alkanes) is 9. The molecule has 0 spiro atoms. The van der Waals surface area contributed by atoms with Crippen LogP contribution in [-0.4, -0.2) is 37.3 Å². The van der Waals surface area contributed by atoms with E-state index in [0.717, 1.165) is 48.0 Å². The smallest absolute Gasteiger partial charge is 0.315 e. The predicted octanol–water partition coefficient (Wildman–Crippen LogP) is 6.62. The van der Waals surface area contributed by atoms with Crippen molar-refractivity contribution < 1.29 is 42.7 Å². The molecule has 2 aromatic rings. The zero-order valence-corrected chi connectivity index (χ0v) is 27.9. The molecule has 1 saturated heterocycles. The van der Waals surface area contributed by atoms with Gasteiger partial charge in [0.25, 0.3) is 0 Å². The van der Waals surface area contributed by atoms with E-state index in [1.165, 1.54) is 63.4 Å². The van der Waals surface area contributed by atoms with E-state index >= 15 is 0 Å². The summed E-state index contributed by atoms with van der Waals surface area (Å²) in [6.07, 6.45) is 13.9. The summed E-state index contributed by atoms with van der Waals surface area (Å²) >= 11 is 6.43. The largest absolute Gasteiger partial charge is 1.00 e. The van der Waals surface area contributed by atoms with E-state index in [0.29, 0.717) is 11.2 Å². The first kappa shape index (κ1) is 33.2. The SMILES string of the molecule is CCCCCCCCCCCCC(C)(C)C(=O)OC[N+]1(C)C[C@H]2c3ccccc3Oc3ccc(Cl)cc3[C@@H]2C1.[I-].